The SMILES string of the molecule is Cc1ccnc2cc(CCCN)nn12. The van der Waals surface area contributed by atoms with Crippen LogP contribution in [0.25, 0.3) is 5.65 Å². The molecular weight excluding hydrogens is 176 g/mol. The smallest absolute Gasteiger partial charge is 0.155 e. The molecule has 0 aliphatic rings. The molecule has 4 heteroatoms. The first-order chi connectivity index (χ1) is 6.81. The van der Waals surface area contributed by atoms with Gasteiger partial charge in [0.2, 0.25) is 0 Å². The van der Waals surface area contributed by atoms with E-state index in [-0.39, 0.29) is 0 Å². The van der Waals surface area contributed by atoms with Gasteiger partial charge in [-0.1, -0.05) is 0 Å². The number of aryl methyl sites for hydroxylation is 2. The zero-order valence-corrected chi connectivity index (χ0v) is 8.27. The van der Waals surface area contributed by atoms with Crippen LogP contribution in [0, 0.1) is 6.92 Å². The highest BCUT2D eigenvalue weighted by atomic mass is 15.3. The summed E-state index contributed by atoms with van der Waals surface area (Å²) in [5.74, 6) is 0. The molecule has 2 aromatic heterocycles. The third-order valence-corrected chi connectivity index (χ3v) is 2.23. The van der Waals surface area contributed by atoms with E-state index < -0.39 is 0 Å². The number of fused-ring (bicyclic) bond motifs is 1. The fraction of sp³-hybridized carbons (Fsp3) is 0.400. The molecule has 0 atom stereocenters. The minimum Gasteiger partial charge on any atom is -0.330 e. The zero-order valence-electron chi connectivity index (χ0n) is 8.27. The third-order valence-electron chi connectivity index (χ3n) is 2.23. The lowest BCUT2D eigenvalue weighted by Crippen LogP contribution is -2.01. The van der Waals surface area contributed by atoms with Gasteiger partial charge in [0.1, 0.15) is 0 Å². The molecule has 0 saturated heterocycles. The van der Waals surface area contributed by atoms with E-state index in [0.29, 0.717) is 6.54 Å². The fourth-order valence-electron chi connectivity index (χ4n) is 1.47. The summed E-state index contributed by atoms with van der Waals surface area (Å²) in [4.78, 5) is 4.24. The first kappa shape index (κ1) is 9.15. The summed E-state index contributed by atoms with van der Waals surface area (Å²) in [7, 11) is 0. The normalized spacial score (nSPS) is 11.0. The first-order valence-electron chi connectivity index (χ1n) is 4.81. The van der Waals surface area contributed by atoms with Crippen LogP contribution >= 0.6 is 0 Å². The maximum atomic E-state index is 5.45. The van der Waals surface area contributed by atoms with E-state index in [1.54, 1.807) is 6.20 Å². The van der Waals surface area contributed by atoms with Gasteiger partial charge in [0.05, 0.1) is 5.69 Å². The molecule has 2 rings (SSSR count). The quantitative estimate of drug-likeness (QED) is 0.783. The van der Waals surface area contributed by atoms with E-state index in [1.807, 2.05) is 23.6 Å². The van der Waals surface area contributed by atoms with Crippen molar-refractivity contribution in [3.05, 3.63) is 29.7 Å². The molecular formula is C10H14N4. The van der Waals surface area contributed by atoms with E-state index in [1.165, 1.54) is 0 Å². The van der Waals surface area contributed by atoms with E-state index in [4.69, 9.17) is 5.73 Å². The average Bonchev–Trinajstić information content (AvgIpc) is 2.59. The highest BCUT2D eigenvalue weighted by Gasteiger charge is 2.02. The lowest BCUT2D eigenvalue weighted by atomic mass is 10.2. The Hall–Kier alpha value is -1.42. The number of hydrogen-bond acceptors (Lipinski definition) is 3. The van der Waals surface area contributed by atoms with Gasteiger partial charge in [0.15, 0.2) is 5.65 Å². The van der Waals surface area contributed by atoms with Crippen LogP contribution in [0.2, 0.25) is 0 Å². The molecule has 0 unspecified atom stereocenters. The molecule has 0 amide bonds. The molecule has 2 N–H and O–H groups in total. The first-order valence-corrected chi connectivity index (χ1v) is 4.81. The molecule has 4 nitrogen and oxygen atoms in total. The maximum absolute atomic E-state index is 5.45. The van der Waals surface area contributed by atoms with E-state index >= 15 is 0 Å². The van der Waals surface area contributed by atoms with Crippen LogP contribution in [0.15, 0.2) is 18.3 Å². The summed E-state index contributed by atoms with van der Waals surface area (Å²) in [5.41, 5.74) is 8.54. The minimum atomic E-state index is 0.709. The molecule has 0 aliphatic heterocycles. The number of hydrogen-bond donors (Lipinski definition) is 1. The topological polar surface area (TPSA) is 56.2 Å². The van der Waals surface area contributed by atoms with Gasteiger partial charge in [-0.05, 0) is 32.4 Å². The summed E-state index contributed by atoms with van der Waals surface area (Å²) in [6.07, 6.45) is 3.71. The van der Waals surface area contributed by atoms with E-state index in [9.17, 15) is 0 Å². The molecule has 0 spiro atoms. The summed E-state index contributed by atoms with van der Waals surface area (Å²) < 4.78 is 1.87. The predicted octanol–water partition coefficient (Wildman–Crippen LogP) is 0.929. The van der Waals surface area contributed by atoms with Crippen molar-refractivity contribution in [1.29, 1.82) is 0 Å². The lowest BCUT2D eigenvalue weighted by molar-refractivity contribution is 0.781. The molecule has 0 fully saturated rings. The minimum absolute atomic E-state index is 0.709. The van der Waals surface area contributed by atoms with Gasteiger partial charge >= 0.3 is 0 Å². The van der Waals surface area contributed by atoms with Crippen LogP contribution < -0.4 is 5.73 Å². The standard InChI is InChI=1S/C10H14N4/c1-8-4-6-12-10-7-9(3-2-5-11)13-14(8)10/h4,6-7H,2-3,5,11H2,1H3. The van der Waals surface area contributed by atoms with Gasteiger partial charge in [-0.25, -0.2) is 9.50 Å². The molecule has 14 heavy (non-hydrogen) atoms. The van der Waals surface area contributed by atoms with Crippen LogP contribution in [0.4, 0.5) is 0 Å². The van der Waals surface area contributed by atoms with Crippen LogP contribution in [-0.4, -0.2) is 21.1 Å². The van der Waals surface area contributed by atoms with Crippen molar-refractivity contribution in [2.75, 3.05) is 6.54 Å². The molecule has 0 aliphatic carbocycles. The summed E-state index contributed by atoms with van der Waals surface area (Å²) >= 11 is 0. The second-order valence-electron chi connectivity index (χ2n) is 3.38. The van der Waals surface area contributed by atoms with Crippen molar-refractivity contribution >= 4 is 5.65 Å². The second kappa shape index (κ2) is 3.75. The van der Waals surface area contributed by atoms with Gasteiger partial charge < -0.3 is 5.73 Å². The highest BCUT2D eigenvalue weighted by Crippen LogP contribution is 2.07. The molecule has 0 bridgehead atoms. The Balaban J connectivity index is 2.36. The van der Waals surface area contributed by atoms with Gasteiger partial charge in [-0.2, -0.15) is 5.10 Å². The zero-order chi connectivity index (χ0) is 9.97. The van der Waals surface area contributed by atoms with Crippen molar-refractivity contribution in [1.82, 2.24) is 14.6 Å². The molecule has 2 heterocycles. The van der Waals surface area contributed by atoms with Crippen molar-refractivity contribution in [3.63, 3.8) is 0 Å². The van der Waals surface area contributed by atoms with Gasteiger partial charge in [-0.3, -0.25) is 0 Å². The number of rotatable bonds is 3. The monoisotopic (exact) mass is 190 g/mol. The molecule has 0 saturated carbocycles. The van der Waals surface area contributed by atoms with Gasteiger partial charge in [0, 0.05) is 18.0 Å². The van der Waals surface area contributed by atoms with Crippen molar-refractivity contribution in [3.8, 4) is 0 Å². The Kier molecular flexibility index (Phi) is 2.45. The van der Waals surface area contributed by atoms with Crippen LogP contribution in [-0.2, 0) is 6.42 Å². The molecule has 0 radical (unpaired) electrons. The number of aromatic nitrogens is 3. The van der Waals surface area contributed by atoms with Crippen LogP contribution in [0.5, 0.6) is 0 Å². The number of nitrogens with zero attached hydrogens (tertiary/aromatic N) is 3. The summed E-state index contributed by atoms with van der Waals surface area (Å²) in [6, 6.07) is 3.97. The summed E-state index contributed by atoms with van der Waals surface area (Å²) in [6.45, 7) is 2.73. The predicted molar refractivity (Wildman–Crippen MR) is 55.1 cm³/mol. The third kappa shape index (κ3) is 1.61. The van der Waals surface area contributed by atoms with Crippen LogP contribution in [0.1, 0.15) is 17.8 Å². The van der Waals surface area contributed by atoms with Crippen LogP contribution in [0.3, 0.4) is 0 Å². The van der Waals surface area contributed by atoms with E-state index in [2.05, 4.69) is 10.1 Å². The molecule has 2 aromatic rings. The maximum Gasteiger partial charge on any atom is 0.155 e. The fourth-order valence-corrected chi connectivity index (χ4v) is 1.47. The second-order valence-corrected chi connectivity index (χ2v) is 3.38. The Morgan fingerprint density at radius 1 is 1.50 bits per heavy atom. The molecule has 0 aromatic carbocycles. The van der Waals surface area contributed by atoms with Crippen molar-refractivity contribution < 1.29 is 0 Å². The largest absolute Gasteiger partial charge is 0.330 e. The Morgan fingerprint density at radius 2 is 2.36 bits per heavy atom. The van der Waals surface area contributed by atoms with Gasteiger partial charge in [0.25, 0.3) is 0 Å². The number of nitrogens with two attached hydrogens (primary N) is 1. The van der Waals surface area contributed by atoms with E-state index in [0.717, 1.165) is 29.9 Å². The average molecular weight is 190 g/mol. The Bertz CT molecular complexity index is 433. The van der Waals surface area contributed by atoms with Gasteiger partial charge in [-0.15, -0.1) is 0 Å². The molecule has 74 valence electrons. The highest BCUT2D eigenvalue weighted by molar-refractivity contribution is 5.39. The lowest BCUT2D eigenvalue weighted by Gasteiger charge is -1.95. The Morgan fingerprint density at radius 3 is 3.07 bits per heavy atom. The Labute approximate surface area is 82.8 Å². The van der Waals surface area contributed by atoms with Crippen molar-refractivity contribution in [2.24, 2.45) is 5.73 Å². The summed E-state index contributed by atoms with van der Waals surface area (Å²) in [5, 5.41) is 4.45. The van der Waals surface area contributed by atoms with Crippen molar-refractivity contribution in [2.45, 2.75) is 19.8 Å².